The van der Waals surface area contributed by atoms with E-state index in [1.807, 2.05) is 0 Å². The van der Waals surface area contributed by atoms with Gasteiger partial charge in [-0.05, 0) is 13.0 Å². The number of carboxylic acids is 1. The molecule has 0 spiro atoms. The molecule has 0 saturated carbocycles. The van der Waals surface area contributed by atoms with Gasteiger partial charge in [0.05, 0.1) is 0 Å². The maximum Gasteiger partial charge on any atom is 0.332 e. The highest BCUT2D eigenvalue weighted by molar-refractivity contribution is 6.27. The Labute approximate surface area is 88.5 Å². The molecule has 14 heavy (non-hydrogen) atoms. The van der Waals surface area contributed by atoms with E-state index in [0.29, 0.717) is 0 Å². The number of nitrogens with zero attached hydrogens (tertiary/aromatic N) is 1. The van der Waals surface area contributed by atoms with Crippen molar-refractivity contribution < 1.29 is 14.7 Å². The molecule has 1 amide bonds. The molecule has 0 fully saturated rings. The van der Waals surface area contributed by atoms with Gasteiger partial charge in [-0.15, -0.1) is 0 Å². The summed E-state index contributed by atoms with van der Waals surface area (Å²) in [7, 11) is 3.37. The van der Waals surface area contributed by atoms with Crippen molar-refractivity contribution >= 4 is 23.5 Å². The van der Waals surface area contributed by atoms with E-state index in [1.54, 1.807) is 14.1 Å². The van der Waals surface area contributed by atoms with Crippen molar-refractivity contribution in [3.8, 4) is 0 Å². The maximum atomic E-state index is 10.3. The van der Waals surface area contributed by atoms with Gasteiger partial charge >= 0.3 is 5.97 Å². The summed E-state index contributed by atoms with van der Waals surface area (Å²) >= 11 is 5.00. The summed E-state index contributed by atoms with van der Waals surface area (Å²) in [6.07, 6.45) is 1.28. The first kappa shape index (κ1) is 15.2. The zero-order valence-corrected chi connectivity index (χ0v) is 9.21. The molecule has 0 radical (unpaired) electrons. The molecular formula is C9H14ClNO3. The molecule has 0 aromatic heterocycles. The fourth-order valence-electron chi connectivity index (χ4n) is 0.229. The molecule has 0 aromatic rings. The molecule has 0 aliphatic carbocycles. The molecule has 0 bridgehead atoms. The Morgan fingerprint density at radius 2 is 1.86 bits per heavy atom. The van der Waals surface area contributed by atoms with Gasteiger partial charge in [-0.25, -0.2) is 4.79 Å². The number of rotatable bonds is 2. The van der Waals surface area contributed by atoms with Crippen molar-refractivity contribution in [3.05, 3.63) is 23.8 Å². The molecule has 0 saturated heterocycles. The number of likely N-dealkylation sites (N-methyl/N-ethyl adjacent to an activating group) is 1. The molecule has 0 unspecified atom stereocenters. The quantitative estimate of drug-likeness (QED) is 0.716. The highest BCUT2D eigenvalue weighted by atomic mass is 35.5. The van der Waals surface area contributed by atoms with Gasteiger partial charge in [-0.3, -0.25) is 4.79 Å². The highest BCUT2D eigenvalue weighted by Crippen LogP contribution is 1.92. The van der Waals surface area contributed by atoms with Crippen molar-refractivity contribution in [2.45, 2.75) is 6.92 Å². The third kappa shape index (κ3) is 8.80. The Morgan fingerprint density at radius 1 is 1.43 bits per heavy atom. The third-order valence-corrected chi connectivity index (χ3v) is 1.44. The van der Waals surface area contributed by atoms with Crippen molar-refractivity contribution in [2.75, 3.05) is 14.1 Å². The predicted octanol–water partition coefficient (Wildman–Crippen LogP) is 1.47. The van der Waals surface area contributed by atoms with E-state index in [2.05, 4.69) is 6.58 Å². The second-order valence-corrected chi connectivity index (χ2v) is 2.75. The second kappa shape index (κ2) is 8.31. The van der Waals surface area contributed by atoms with Crippen LogP contribution in [0.2, 0.25) is 0 Å². The number of carbonyl (C=O) groups is 2. The van der Waals surface area contributed by atoms with Crippen molar-refractivity contribution in [1.82, 2.24) is 4.90 Å². The lowest BCUT2D eigenvalue weighted by Gasteiger charge is -2.03. The van der Waals surface area contributed by atoms with Gasteiger partial charge in [0.15, 0.2) is 0 Å². The fourth-order valence-corrected chi connectivity index (χ4v) is 0.323. The SMILES string of the molecule is C=CC(=O)N(C)C.CC(=CCl)C(=O)O. The lowest BCUT2D eigenvalue weighted by molar-refractivity contribution is -0.132. The molecule has 0 aliphatic rings. The van der Waals surface area contributed by atoms with E-state index in [9.17, 15) is 9.59 Å². The van der Waals surface area contributed by atoms with Gasteiger partial charge < -0.3 is 10.0 Å². The fraction of sp³-hybridized carbons (Fsp3) is 0.333. The largest absolute Gasteiger partial charge is 0.478 e. The summed E-state index contributed by atoms with van der Waals surface area (Å²) in [6.45, 7) is 4.72. The van der Waals surface area contributed by atoms with Crippen LogP contribution in [0, 0.1) is 0 Å². The first-order chi connectivity index (χ1) is 6.36. The zero-order chi connectivity index (χ0) is 11.7. The Kier molecular flexibility index (Phi) is 9.02. The standard InChI is InChI=1S/C5H9NO.C4H5ClO2/c1-4-5(7)6(2)3;1-3(2-5)4(6)7/h4H,1H2,2-3H3;2H,1H3,(H,6,7). The predicted molar refractivity (Wildman–Crippen MR) is 56.1 cm³/mol. The smallest absolute Gasteiger partial charge is 0.332 e. The number of carbonyl (C=O) groups excluding carboxylic acids is 1. The topological polar surface area (TPSA) is 57.6 Å². The van der Waals surface area contributed by atoms with Crippen LogP contribution in [0.4, 0.5) is 0 Å². The van der Waals surface area contributed by atoms with Gasteiger partial charge in [0.2, 0.25) is 5.91 Å². The van der Waals surface area contributed by atoms with Crippen LogP contribution in [0.15, 0.2) is 23.8 Å². The summed E-state index contributed by atoms with van der Waals surface area (Å²) in [5, 5.41) is 8.03. The van der Waals surface area contributed by atoms with E-state index in [0.717, 1.165) is 5.54 Å². The van der Waals surface area contributed by atoms with Crippen LogP contribution in [0.1, 0.15) is 6.92 Å². The lowest BCUT2D eigenvalue weighted by atomic mass is 10.4. The first-order valence-electron chi connectivity index (χ1n) is 3.70. The summed E-state index contributed by atoms with van der Waals surface area (Å²) in [6, 6.07) is 0. The number of hydrogen-bond donors (Lipinski definition) is 1. The van der Waals surface area contributed by atoms with Crippen LogP contribution in [-0.2, 0) is 9.59 Å². The molecule has 0 atom stereocenters. The van der Waals surface area contributed by atoms with E-state index in [-0.39, 0.29) is 11.5 Å². The average molecular weight is 220 g/mol. The van der Waals surface area contributed by atoms with E-state index < -0.39 is 5.97 Å². The van der Waals surface area contributed by atoms with Gasteiger partial charge in [0.25, 0.3) is 0 Å². The average Bonchev–Trinajstić information content (AvgIpc) is 2.15. The minimum absolute atomic E-state index is 0.0556. The van der Waals surface area contributed by atoms with Gasteiger partial charge in [0, 0.05) is 25.2 Å². The van der Waals surface area contributed by atoms with Crippen LogP contribution in [0.5, 0.6) is 0 Å². The summed E-state index contributed by atoms with van der Waals surface area (Å²) in [5.41, 5.74) is 1.18. The lowest BCUT2D eigenvalue weighted by Crippen LogP contribution is -2.18. The highest BCUT2D eigenvalue weighted by Gasteiger charge is 1.94. The van der Waals surface area contributed by atoms with Crippen LogP contribution in [-0.4, -0.2) is 36.0 Å². The Morgan fingerprint density at radius 3 is 1.86 bits per heavy atom. The number of amides is 1. The van der Waals surface area contributed by atoms with Crippen LogP contribution in [0.3, 0.4) is 0 Å². The first-order valence-corrected chi connectivity index (χ1v) is 4.14. The maximum absolute atomic E-state index is 10.3. The molecular weight excluding hydrogens is 206 g/mol. The van der Waals surface area contributed by atoms with E-state index in [1.165, 1.54) is 17.9 Å². The van der Waals surface area contributed by atoms with E-state index in [4.69, 9.17) is 16.7 Å². The number of carboxylic acid groups (broad SMARTS) is 1. The van der Waals surface area contributed by atoms with Gasteiger partial charge in [-0.2, -0.15) is 0 Å². The number of hydrogen-bond acceptors (Lipinski definition) is 2. The van der Waals surface area contributed by atoms with Gasteiger partial charge in [0.1, 0.15) is 0 Å². The molecule has 0 aromatic carbocycles. The number of aliphatic carboxylic acids is 1. The van der Waals surface area contributed by atoms with Crippen molar-refractivity contribution in [3.63, 3.8) is 0 Å². The van der Waals surface area contributed by atoms with Crippen molar-refractivity contribution in [2.24, 2.45) is 0 Å². The Bertz CT molecular complexity index is 246. The molecule has 5 heteroatoms. The third-order valence-electron chi connectivity index (χ3n) is 1.12. The Balaban J connectivity index is 0. The minimum Gasteiger partial charge on any atom is -0.478 e. The normalized spacial score (nSPS) is 9.57. The summed E-state index contributed by atoms with van der Waals surface area (Å²) in [4.78, 5) is 21.6. The minimum atomic E-state index is -0.977. The molecule has 0 aliphatic heterocycles. The molecule has 80 valence electrons. The van der Waals surface area contributed by atoms with E-state index >= 15 is 0 Å². The van der Waals surface area contributed by atoms with Crippen molar-refractivity contribution in [1.29, 1.82) is 0 Å². The van der Waals surface area contributed by atoms with Crippen LogP contribution >= 0.6 is 11.6 Å². The van der Waals surface area contributed by atoms with Crippen LogP contribution < -0.4 is 0 Å². The number of halogens is 1. The molecule has 1 N–H and O–H groups in total. The second-order valence-electron chi connectivity index (χ2n) is 2.53. The molecule has 0 rings (SSSR count). The Hall–Kier alpha value is -1.29. The zero-order valence-electron chi connectivity index (χ0n) is 8.45. The molecule has 0 heterocycles. The van der Waals surface area contributed by atoms with Gasteiger partial charge in [-0.1, -0.05) is 18.2 Å². The molecule has 4 nitrogen and oxygen atoms in total. The van der Waals surface area contributed by atoms with Crippen LogP contribution in [0.25, 0.3) is 0 Å². The summed E-state index contributed by atoms with van der Waals surface area (Å²) in [5.74, 6) is -1.03. The summed E-state index contributed by atoms with van der Waals surface area (Å²) < 4.78 is 0. The monoisotopic (exact) mass is 219 g/mol.